The molecule has 2 heterocycles. The quantitative estimate of drug-likeness (QED) is 0.901. The molecule has 2 aromatic rings. The Kier molecular flexibility index (Phi) is 4.24. The Hall–Kier alpha value is -2.66. The van der Waals surface area contributed by atoms with Crippen LogP contribution in [-0.2, 0) is 26.1 Å². The first-order chi connectivity index (χ1) is 12.2. The summed E-state index contributed by atoms with van der Waals surface area (Å²) in [5, 5.41) is 13.5. The highest BCUT2D eigenvalue weighted by Crippen LogP contribution is 2.25. The molecule has 0 saturated heterocycles. The SMILES string of the molecule is O=c1c2c(nc(C3=C(O)CCC=C3)n1CCc1ccccc1)CNC2. The van der Waals surface area contributed by atoms with Crippen LogP contribution in [0.15, 0.2) is 53.0 Å². The third-order valence-electron chi connectivity index (χ3n) is 4.79. The van der Waals surface area contributed by atoms with Gasteiger partial charge in [0.1, 0.15) is 11.6 Å². The summed E-state index contributed by atoms with van der Waals surface area (Å²) in [5.74, 6) is 0.894. The smallest absolute Gasteiger partial charge is 0.258 e. The summed E-state index contributed by atoms with van der Waals surface area (Å²) in [5.41, 5.74) is 3.40. The predicted molar refractivity (Wildman–Crippen MR) is 97.1 cm³/mol. The molecule has 1 aromatic heterocycles. The summed E-state index contributed by atoms with van der Waals surface area (Å²) in [4.78, 5) is 17.7. The number of nitrogens with one attached hydrogen (secondary N) is 1. The first kappa shape index (κ1) is 15.8. The van der Waals surface area contributed by atoms with Gasteiger partial charge in [0.25, 0.3) is 5.56 Å². The minimum atomic E-state index is 0.000189. The second-order valence-corrected chi connectivity index (χ2v) is 6.46. The zero-order chi connectivity index (χ0) is 17.2. The molecular formula is C20H21N3O2. The van der Waals surface area contributed by atoms with Gasteiger partial charge in [0, 0.05) is 26.1 Å². The summed E-state index contributed by atoms with van der Waals surface area (Å²) in [7, 11) is 0. The van der Waals surface area contributed by atoms with Crippen LogP contribution < -0.4 is 10.9 Å². The summed E-state index contributed by atoms with van der Waals surface area (Å²) in [6.45, 7) is 1.71. The van der Waals surface area contributed by atoms with Crippen molar-refractivity contribution in [3.05, 3.63) is 81.2 Å². The van der Waals surface area contributed by atoms with E-state index in [4.69, 9.17) is 4.98 Å². The average Bonchev–Trinajstić information content (AvgIpc) is 3.11. The van der Waals surface area contributed by atoms with E-state index in [1.165, 1.54) is 5.56 Å². The number of fused-ring (bicyclic) bond motifs is 1. The maximum absolute atomic E-state index is 13.0. The largest absolute Gasteiger partial charge is 0.512 e. The minimum Gasteiger partial charge on any atom is -0.512 e. The number of aliphatic hydroxyl groups is 1. The van der Waals surface area contributed by atoms with Crippen LogP contribution in [0, 0.1) is 0 Å². The van der Waals surface area contributed by atoms with Crippen LogP contribution >= 0.6 is 0 Å². The van der Waals surface area contributed by atoms with Crippen LogP contribution in [-0.4, -0.2) is 14.7 Å². The van der Waals surface area contributed by atoms with Crippen LogP contribution in [0.25, 0.3) is 5.57 Å². The highest BCUT2D eigenvalue weighted by atomic mass is 16.3. The van der Waals surface area contributed by atoms with Crippen molar-refractivity contribution in [2.24, 2.45) is 0 Å². The summed E-state index contributed by atoms with van der Waals surface area (Å²) in [6, 6.07) is 10.1. The lowest BCUT2D eigenvalue weighted by molar-refractivity contribution is 0.390. The first-order valence-electron chi connectivity index (χ1n) is 8.70. The number of hydrogen-bond acceptors (Lipinski definition) is 4. The molecule has 5 heteroatoms. The molecule has 0 spiro atoms. The van der Waals surface area contributed by atoms with E-state index in [0.29, 0.717) is 43.2 Å². The van der Waals surface area contributed by atoms with Crippen LogP contribution in [0.5, 0.6) is 0 Å². The Morgan fingerprint density at radius 3 is 2.84 bits per heavy atom. The Balaban J connectivity index is 1.78. The van der Waals surface area contributed by atoms with E-state index in [-0.39, 0.29) is 5.56 Å². The fraction of sp³-hybridized carbons (Fsp3) is 0.300. The number of nitrogens with zero attached hydrogens (tertiary/aromatic N) is 2. The third kappa shape index (κ3) is 3.03. The number of hydrogen-bond donors (Lipinski definition) is 2. The second-order valence-electron chi connectivity index (χ2n) is 6.46. The molecule has 2 aliphatic rings. The number of allylic oxidation sites excluding steroid dienone is 4. The van der Waals surface area contributed by atoms with Crippen molar-refractivity contribution in [1.82, 2.24) is 14.9 Å². The van der Waals surface area contributed by atoms with E-state index in [0.717, 1.165) is 24.1 Å². The average molecular weight is 335 g/mol. The maximum Gasteiger partial charge on any atom is 0.258 e. The molecule has 0 atom stereocenters. The molecule has 1 aromatic carbocycles. The topological polar surface area (TPSA) is 67.1 Å². The second kappa shape index (κ2) is 6.69. The Bertz CT molecular complexity index is 911. The molecule has 2 N–H and O–H groups in total. The molecule has 1 aliphatic carbocycles. The van der Waals surface area contributed by atoms with Crippen molar-refractivity contribution < 1.29 is 5.11 Å². The molecule has 4 rings (SSSR count). The van der Waals surface area contributed by atoms with Gasteiger partial charge in [0.05, 0.1) is 16.8 Å². The molecular weight excluding hydrogens is 314 g/mol. The van der Waals surface area contributed by atoms with E-state index >= 15 is 0 Å². The minimum absolute atomic E-state index is 0.000189. The van der Waals surface area contributed by atoms with E-state index in [2.05, 4.69) is 17.4 Å². The van der Waals surface area contributed by atoms with Crippen LogP contribution in [0.2, 0.25) is 0 Å². The number of aliphatic hydroxyl groups excluding tert-OH is 1. The molecule has 25 heavy (non-hydrogen) atoms. The third-order valence-corrected chi connectivity index (χ3v) is 4.79. The van der Waals surface area contributed by atoms with Gasteiger partial charge >= 0.3 is 0 Å². The summed E-state index contributed by atoms with van der Waals surface area (Å²) in [6.07, 6.45) is 6.06. The fourth-order valence-electron chi connectivity index (χ4n) is 3.42. The number of aryl methyl sites for hydroxylation is 1. The number of aromatic nitrogens is 2. The molecule has 0 unspecified atom stereocenters. The zero-order valence-electron chi connectivity index (χ0n) is 14.0. The van der Waals surface area contributed by atoms with Gasteiger partial charge in [0.15, 0.2) is 0 Å². The predicted octanol–water partition coefficient (Wildman–Crippen LogP) is 2.71. The van der Waals surface area contributed by atoms with Gasteiger partial charge in [-0.05, 0) is 18.4 Å². The van der Waals surface area contributed by atoms with Gasteiger partial charge in [-0.25, -0.2) is 4.98 Å². The molecule has 0 amide bonds. The fourth-order valence-corrected chi connectivity index (χ4v) is 3.42. The number of rotatable bonds is 4. The van der Waals surface area contributed by atoms with E-state index in [1.807, 2.05) is 30.4 Å². The highest BCUT2D eigenvalue weighted by Gasteiger charge is 2.23. The molecule has 0 fully saturated rings. The Morgan fingerprint density at radius 1 is 1.20 bits per heavy atom. The molecule has 0 radical (unpaired) electrons. The Morgan fingerprint density at radius 2 is 2.04 bits per heavy atom. The maximum atomic E-state index is 13.0. The van der Waals surface area contributed by atoms with E-state index in [1.54, 1.807) is 4.57 Å². The van der Waals surface area contributed by atoms with E-state index < -0.39 is 0 Å². The standard InChI is InChI=1S/C20H21N3O2/c24-18-9-5-4-8-15(18)19-22-17-13-21-12-16(17)20(25)23(19)11-10-14-6-2-1-3-7-14/h1-4,6-8,21,24H,5,9-13H2. The molecule has 128 valence electrons. The normalized spacial score (nSPS) is 16.3. The van der Waals surface area contributed by atoms with Crippen molar-refractivity contribution >= 4 is 5.57 Å². The first-order valence-corrected chi connectivity index (χ1v) is 8.70. The van der Waals surface area contributed by atoms with Crippen LogP contribution in [0.1, 0.15) is 35.5 Å². The van der Waals surface area contributed by atoms with Crippen molar-refractivity contribution in [1.29, 1.82) is 0 Å². The molecule has 1 aliphatic heterocycles. The van der Waals surface area contributed by atoms with Gasteiger partial charge < -0.3 is 10.4 Å². The lowest BCUT2D eigenvalue weighted by atomic mass is 10.0. The van der Waals surface area contributed by atoms with Crippen LogP contribution in [0.3, 0.4) is 0 Å². The van der Waals surface area contributed by atoms with Gasteiger partial charge in [0.2, 0.25) is 0 Å². The lowest BCUT2D eigenvalue weighted by Gasteiger charge is -2.17. The van der Waals surface area contributed by atoms with E-state index in [9.17, 15) is 9.90 Å². The molecule has 0 saturated carbocycles. The van der Waals surface area contributed by atoms with Crippen molar-refractivity contribution in [3.63, 3.8) is 0 Å². The summed E-state index contributed by atoms with van der Waals surface area (Å²) >= 11 is 0. The Labute approximate surface area is 146 Å². The lowest BCUT2D eigenvalue weighted by Crippen LogP contribution is -2.29. The number of benzene rings is 1. The highest BCUT2D eigenvalue weighted by molar-refractivity contribution is 5.72. The van der Waals surface area contributed by atoms with Crippen LogP contribution in [0.4, 0.5) is 0 Å². The molecule has 0 bridgehead atoms. The van der Waals surface area contributed by atoms with Crippen molar-refractivity contribution in [2.75, 3.05) is 0 Å². The summed E-state index contributed by atoms with van der Waals surface area (Å²) < 4.78 is 1.72. The van der Waals surface area contributed by atoms with Crippen molar-refractivity contribution in [2.45, 2.75) is 38.9 Å². The monoisotopic (exact) mass is 335 g/mol. The van der Waals surface area contributed by atoms with Gasteiger partial charge in [-0.3, -0.25) is 9.36 Å². The van der Waals surface area contributed by atoms with Gasteiger partial charge in [-0.15, -0.1) is 0 Å². The van der Waals surface area contributed by atoms with Crippen molar-refractivity contribution in [3.8, 4) is 0 Å². The van der Waals surface area contributed by atoms with Gasteiger partial charge in [-0.1, -0.05) is 42.5 Å². The zero-order valence-corrected chi connectivity index (χ0v) is 14.0. The van der Waals surface area contributed by atoms with Gasteiger partial charge in [-0.2, -0.15) is 0 Å². The molecule has 5 nitrogen and oxygen atoms in total.